The lowest BCUT2D eigenvalue weighted by molar-refractivity contribution is 0.282. The Morgan fingerprint density at radius 1 is 0.474 bits per heavy atom. The minimum Gasteiger partial charge on any atom is -0.392 e. The van der Waals surface area contributed by atoms with E-state index in [1.54, 1.807) is 0 Å². The van der Waals surface area contributed by atoms with Gasteiger partial charge >= 0.3 is 0 Å². The van der Waals surface area contributed by atoms with Gasteiger partial charge in [-0.1, -0.05) is 78.9 Å². The van der Waals surface area contributed by atoms with Gasteiger partial charge in [0.2, 0.25) is 0 Å². The third-order valence-electron chi connectivity index (χ3n) is 7.31. The molecule has 0 radical (unpaired) electrons. The van der Waals surface area contributed by atoms with Crippen molar-refractivity contribution in [2.24, 2.45) is 0 Å². The highest BCUT2D eigenvalue weighted by atomic mass is 16.3. The molecule has 0 aromatic heterocycles. The number of aliphatic hydroxyl groups excluding tert-OH is 1. The molecule has 0 spiro atoms. The largest absolute Gasteiger partial charge is 0.392 e. The molecule has 0 aliphatic carbocycles. The number of rotatable bonds is 11. The topological polar surface area (TPSA) is 26.7 Å². The summed E-state index contributed by atoms with van der Waals surface area (Å²) in [5.41, 5.74) is 10.4. The van der Waals surface area contributed by atoms with Gasteiger partial charge in [0.15, 0.2) is 0 Å². The Balaban J connectivity index is 1.97. The monoisotopic (exact) mass is 504 g/mol. The fourth-order valence-corrected chi connectivity index (χ4v) is 5.15. The molecule has 196 valence electrons. The van der Waals surface area contributed by atoms with Crippen molar-refractivity contribution in [3.63, 3.8) is 0 Å². The van der Waals surface area contributed by atoms with E-state index in [4.69, 9.17) is 0 Å². The second-order valence-electron chi connectivity index (χ2n) is 9.41. The van der Waals surface area contributed by atoms with Crippen LogP contribution in [0, 0.1) is 0 Å². The summed E-state index contributed by atoms with van der Waals surface area (Å²) < 4.78 is 0. The lowest BCUT2D eigenvalue weighted by Crippen LogP contribution is -2.21. The van der Waals surface area contributed by atoms with Gasteiger partial charge in [-0.25, -0.2) is 0 Å². The molecule has 0 heterocycles. The van der Waals surface area contributed by atoms with Gasteiger partial charge in [0.1, 0.15) is 0 Å². The van der Waals surface area contributed by atoms with Crippen LogP contribution in [0.2, 0.25) is 0 Å². The van der Waals surface area contributed by atoms with Crippen LogP contribution in [0.4, 0.5) is 11.4 Å². The first kappa shape index (κ1) is 27.2. The Labute approximate surface area is 228 Å². The van der Waals surface area contributed by atoms with Crippen molar-refractivity contribution < 1.29 is 5.11 Å². The molecule has 0 unspecified atom stereocenters. The normalized spacial score (nSPS) is 10.8. The van der Waals surface area contributed by atoms with Crippen LogP contribution < -0.4 is 9.80 Å². The van der Waals surface area contributed by atoms with Gasteiger partial charge in [-0.2, -0.15) is 0 Å². The van der Waals surface area contributed by atoms with Crippen molar-refractivity contribution in [2.45, 2.75) is 34.3 Å². The summed E-state index contributed by atoms with van der Waals surface area (Å²) in [5, 5.41) is 9.65. The van der Waals surface area contributed by atoms with Gasteiger partial charge in [0.05, 0.1) is 6.61 Å². The number of hydrogen-bond acceptors (Lipinski definition) is 3. The van der Waals surface area contributed by atoms with Crippen molar-refractivity contribution >= 4 is 22.5 Å². The summed E-state index contributed by atoms with van der Waals surface area (Å²) >= 11 is 0. The number of aliphatic hydroxyl groups is 1. The van der Waals surface area contributed by atoms with Crippen LogP contribution in [-0.4, -0.2) is 31.3 Å². The molecule has 0 aliphatic rings. The quantitative estimate of drug-likeness (QED) is 0.210. The maximum Gasteiger partial charge on any atom is 0.0681 e. The van der Waals surface area contributed by atoms with Gasteiger partial charge < -0.3 is 14.9 Å². The number of anilines is 2. The van der Waals surface area contributed by atoms with E-state index in [1.165, 1.54) is 39.2 Å². The maximum absolute atomic E-state index is 9.65. The molecule has 3 heteroatoms. The van der Waals surface area contributed by atoms with E-state index >= 15 is 0 Å². The van der Waals surface area contributed by atoms with Crippen LogP contribution in [-0.2, 0) is 6.61 Å². The predicted molar refractivity (Wildman–Crippen MR) is 164 cm³/mol. The van der Waals surface area contributed by atoms with Crippen molar-refractivity contribution in [2.75, 3.05) is 36.0 Å². The van der Waals surface area contributed by atoms with E-state index in [9.17, 15) is 5.11 Å². The summed E-state index contributed by atoms with van der Waals surface area (Å²) in [6.45, 7) is 12.8. The van der Waals surface area contributed by atoms with E-state index in [1.807, 2.05) is 12.1 Å². The zero-order valence-corrected chi connectivity index (χ0v) is 23.2. The molecule has 4 aromatic carbocycles. The fraction of sp³-hybridized carbons (Fsp3) is 0.257. The van der Waals surface area contributed by atoms with E-state index < -0.39 is 0 Å². The number of benzene rings is 4. The highest BCUT2D eigenvalue weighted by molar-refractivity contribution is 6.04. The third-order valence-corrected chi connectivity index (χ3v) is 7.31. The Morgan fingerprint density at radius 3 is 1.16 bits per heavy atom. The second kappa shape index (κ2) is 13.1. The smallest absolute Gasteiger partial charge is 0.0681 e. The van der Waals surface area contributed by atoms with Crippen LogP contribution in [0.15, 0.2) is 103 Å². The minimum atomic E-state index is 0.0388. The van der Waals surface area contributed by atoms with Crippen LogP contribution >= 0.6 is 0 Å². The average molecular weight is 505 g/mol. The van der Waals surface area contributed by atoms with Crippen molar-refractivity contribution in [1.82, 2.24) is 0 Å². The first-order valence-corrected chi connectivity index (χ1v) is 13.8. The summed E-state index contributed by atoms with van der Waals surface area (Å²) in [6, 6.07) is 36.9. The molecule has 1 N–H and O–H groups in total. The molecular formula is C35H40N2O. The van der Waals surface area contributed by atoms with Crippen molar-refractivity contribution in [1.29, 1.82) is 0 Å². The summed E-state index contributed by atoms with van der Waals surface area (Å²) in [6.07, 6.45) is 0. The standard InChI is InChI=1S/C35H40N2O/c1-5-36(6-2)32-22-18-30(19-23-32)35(31-20-24-33(25-21-31)37(7-3)8-4)34(28-12-10-9-11-13-28)29-16-14-27(26-38)15-17-29/h9-25,38H,5-8,26H2,1-4H3. The number of nitrogens with zero attached hydrogens (tertiary/aromatic N) is 2. The lowest BCUT2D eigenvalue weighted by atomic mass is 9.85. The molecule has 0 atom stereocenters. The van der Waals surface area contributed by atoms with Crippen LogP contribution in [0.3, 0.4) is 0 Å². The Hall–Kier alpha value is -3.82. The summed E-state index contributed by atoms with van der Waals surface area (Å²) in [7, 11) is 0. The van der Waals surface area contributed by atoms with Crippen molar-refractivity contribution in [3.05, 3.63) is 131 Å². The van der Waals surface area contributed by atoms with Gasteiger partial charge in [0, 0.05) is 37.6 Å². The van der Waals surface area contributed by atoms with Gasteiger partial charge in [-0.05, 0) is 90.9 Å². The molecule has 4 rings (SSSR count). The van der Waals surface area contributed by atoms with E-state index in [0.29, 0.717) is 0 Å². The molecule has 0 fully saturated rings. The maximum atomic E-state index is 9.65. The fourth-order valence-electron chi connectivity index (χ4n) is 5.15. The summed E-state index contributed by atoms with van der Waals surface area (Å²) in [5.74, 6) is 0. The highest BCUT2D eigenvalue weighted by Gasteiger charge is 2.17. The Morgan fingerprint density at radius 2 is 0.816 bits per heavy atom. The van der Waals surface area contributed by atoms with Gasteiger partial charge in [-0.3, -0.25) is 0 Å². The van der Waals surface area contributed by atoms with Crippen LogP contribution in [0.25, 0.3) is 11.1 Å². The lowest BCUT2D eigenvalue weighted by Gasteiger charge is -2.24. The summed E-state index contributed by atoms with van der Waals surface area (Å²) in [4.78, 5) is 4.75. The van der Waals surface area contributed by atoms with Crippen LogP contribution in [0.5, 0.6) is 0 Å². The molecule has 0 saturated carbocycles. The second-order valence-corrected chi connectivity index (χ2v) is 9.41. The van der Waals surface area contributed by atoms with Crippen molar-refractivity contribution in [3.8, 4) is 0 Å². The molecule has 0 amide bonds. The molecular weight excluding hydrogens is 464 g/mol. The first-order chi connectivity index (χ1) is 18.6. The average Bonchev–Trinajstić information content (AvgIpc) is 2.99. The van der Waals surface area contributed by atoms with Gasteiger partial charge in [0.25, 0.3) is 0 Å². The Bertz CT molecular complexity index is 1240. The molecule has 0 saturated heterocycles. The molecule has 3 nitrogen and oxygen atoms in total. The first-order valence-electron chi connectivity index (χ1n) is 13.8. The van der Waals surface area contributed by atoms with E-state index in [-0.39, 0.29) is 6.61 Å². The van der Waals surface area contributed by atoms with E-state index in [2.05, 4.69) is 128 Å². The highest BCUT2D eigenvalue weighted by Crippen LogP contribution is 2.38. The van der Waals surface area contributed by atoms with E-state index in [0.717, 1.165) is 37.3 Å². The zero-order chi connectivity index (χ0) is 26.9. The zero-order valence-electron chi connectivity index (χ0n) is 23.2. The van der Waals surface area contributed by atoms with Crippen LogP contribution in [0.1, 0.15) is 55.5 Å². The predicted octanol–water partition coefficient (Wildman–Crippen LogP) is 7.88. The molecule has 0 aliphatic heterocycles. The SMILES string of the molecule is CCN(CC)c1ccc(C(=C(c2ccccc2)c2ccc(CO)cc2)c2ccc(N(CC)CC)cc2)cc1. The molecule has 4 aromatic rings. The number of hydrogen-bond donors (Lipinski definition) is 1. The van der Waals surface area contributed by atoms with Gasteiger partial charge in [-0.15, -0.1) is 0 Å². The Kier molecular flexibility index (Phi) is 9.40. The minimum absolute atomic E-state index is 0.0388. The molecule has 38 heavy (non-hydrogen) atoms. The third kappa shape index (κ3) is 6.00. The molecule has 0 bridgehead atoms.